The summed E-state index contributed by atoms with van der Waals surface area (Å²) in [5.41, 5.74) is 0.166. The zero-order valence-electron chi connectivity index (χ0n) is 10.4. The average Bonchev–Trinajstić information content (AvgIpc) is 2.32. The van der Waals surface area contributed by atoms with Crippen molar-refractivity contribution in [2.24, 2.45) is 10.3 Å². The second kappa shape index (κ2) is 6.26. The summed E-state index contributed by atoms with van der Waals surface area (Å²) in [4.78, 5) is -0.325. The average molecular weight is 323 g/mol. The molecule has 0 unspecified atom stereocenters. The normalized spacial score (nSPS) is 12.8. The van der Waals surface area contributed by atoms with E-state index in [4.69, 9.17) is 9.11 Å². The first-order valence-electron chi connectivity index (χ1n) is 5.23. The summed E-state index contributed by atoms with van der Waals surface area (Å²) in [7, 11) is -6.97. The molecule has 20 heavy (non-hydrogen) atoms. The fourth-order valence-electron chi connectivity index (χ4n) is 1.13. The van der Waals surface area contributed by atoms with Crippen LogP contribution >= 0.6 is 0 Å². The van der Waals surface area contributed by atoms with Gasteiger partial charge in [0, 0.05) is 7.05 Å². The van der Waals surface area contributed by atoms with Gasteiger partial charge in [0.1, 0.15) is 0 Å². The van der Waals surface area contributed by atoms with E-state index in [1.807, 2.05) is 0 Å². The van der Waals surface area contributed by atoms with E-state index in [1.54, 1.807) is 0 Å². The van der Waals surface area contributed by atoms with E-state index in [2.05, 4.69) is 10.3 Å². The van der Waals surface area contributed by atoms with Crippen molar-refractivity contribution in [3.63, 3.8) is 0 Å². The Hall–Kier alpha value is -1.56. The van der Waals surface area contributed by atoms with Crippen LogP contribution in [0.2, 0.25) is 0 Å². The first-order chi connectivity index (χ1) is 9.08. The van der Waals surface area contributed by atoms with Crippen LogP contribution in [-0.2, 0) is 20.2 Å². The molecule has 0 spiro atoms. The van der Waals surface area contributed by atoms with Crippen LogP contribution in [0.3, 0.4) is 0 Å². The molecule has 0 aromatic heterocycles. The minimum absolute atomic E-state index is 0.0830. The van der Waals surface area contributed by atoms with Gasteiger partial charge in [0.15, 0.2) is 0 Å². The summed E-state index contributed by atoms with van der Waals surface area (Å²) in [5, 5.41) is 8.47. The SMILES string of the molecule is CN(CCS(=O)(=O)O)N=Nc1cccc(S(=O)(=O)O)c1. The maximum Gasteiger partial charge on any atom is 0.294 e. The number of rotatable bonds is 6. The van der Waals surface area contributed by atoms with Gasteiger partial charge in [0.2, 0.25) is 0 Å². The van der Waals surface area contributed by atoms with Crippen LogP contribution < -0.4 is 0 Å². The summed E-state index contributed by atoms with van der Waals surface area (Å²) in [6.45, 7) is -0.0830. The minimum Gasteiger partial charge on any atom is -0.285 e. The van der Waals surface area contributed by atoms with Crippen LogP contribution in [0.15, 0.2) is 39.5 Å². The van der Waals surface area contributed by atoms with Crippen LogP contribution in [0.25, 0.3) is 0 Å². The van der Waals surface area contributed by atoms with Gasteiger partial charge in [-0.3, -0.25) is 14.1 Å². The molecule has 112 valence electrons. The highest BCUT2D eigenvalue weighted by Gasteiger charge is 2.09. The molecule has 2 N–H and O–H groups in total. The molecule has 0 aliphatic rings. The monoisotopic (exact) mass is 323 g/mol. The predicted molar refractivity (Wildman–Crippen MR) is 69.8 cm³/mol. The highest BCUT2D eigenvalue weighted by Crippen LogP contribution is 2.18. The molecule has 9 nitrogen and oxygen atoms in total. The molecule has 1 aromatic carbocycles. The highest BCUT2D eigenvalue weighted by atomic mass is 32.2. The van der Waals surface area contributed by atoms with Gasteiger partial charge in [-0.2, -0.15) is 16.8 Å². The standard InChI is InChI=1S/C9H13N3O6S2/c1-12(5-6-19(13,14)15)11-10-8-3-2-4-9(7-8)20(16,17)18/h2-4,7H,5-6H2,1H3,(H,13,14,15)(H,16,17,18). The topological polar surface area (TPSA) is 137 Å². The summed E-state index contributed by atoms with van der Waals surface area (Å²) in [6, 6.07) is 5.12. The summed E-state index contributed by atoms with van der Waals surface area (Å²) >= 11 is 0. The van der Waals surface area contributed by atoms with Crippen LogP contribution in [0.1, 0.15) is 0 Å². The van der Waals surface area contributed by atoms with E-state index in [0.717, 1.165) is 11.1 Å². The molecule has 11 heteroatoms. The Labute approximate surface area is 116 Å². The van der Waals surface area contributed by atoms with E-state index in [0.29, 0.717) is 0 Å². The van der Waals surface area contributed by atoms with Gasteiger partial charge in [0.05, 0.1) is 22.9 Å². The lowest BCUT2D eigenvalue weighted by Crippen LogP contribution is -2.20. The quantitative estimate of drug-likeness (QED) is 0.447. The van der Waals surface area contributed by atoms with Crippen LogP contribution in [-0.4, -0.2) is 50.3 Å². The third kappa shape index (κ3) is 6.06. The zero-order chi connectivity index (χ0) is 15.4. The van der Waals surface area contributed by atoms with E-state index in [-0.39, 0.29) is 17.1 Å². The molecular formula is C9H13N3O6S2. The molecule has 0 bridgehead atoms. The Morgan fingerprint density at radius 3 is 2.40 bits per heavy atom. The van der Waals surface area contributed by atoms with E-state index >= 15 is 0 Å². The Balaban J connectivity index is 2.76. The second-order valence-corrected chi connectivity index (χ2v) is 6.82. The molecule has 0 fully saturated rings. The predicted octanol–water partition coefficient (Wildman–Crippen LogP) is 0.752. The molecule has 0 radical (unpaired) electrons. The summed E-state index contributed by atoms with van der Waals surface area (Å²) in [5.74, 6) is -0.506. The van der Waals surface area contributed by atoms with Crippen molar-refractivity contribution < 1.29 is 25.9 Å². The van der Waals surface area contributed by atoms with Gasteiger partial charge in [-0.1, -0.05) is 11.3 Å². The fraction of sp³-hybridized carbons (Fsp3) is 0.333. The van der Waals surface area contributed by atoms with Crippen molar-refractivity contribution in [3.05, 3.63) is 24.3 Å². The lowest BCUT2D eigenvalue weighted by atomic mass is 10.3. The third-order valence-corrected chi connectivity index (χ3v) is 3.65. The van der Waals surface area contributed by atoms with Crippen LogP contribution in [0.5, 0.6) is 0 Å². The molecule has 0 atom stereocenters. The Morgan fingerprint density at radius 2 is 1.85 bits per heavy atom. The lowest BCUT2D eigenvalue weighted by molar-refractivity contribution is 0.346. The molecule has 0 amide bonds. The number of nitrogens with zero attached hydrogens (tertiary/aromatic N) is 3. The van der Waals surface area contributed by atoms with Gasteiger partial charge in [-0.05, 0) is 18.2 Å². The fourth-order valence-corrected chi connectivity index (χ4v) is 2.14. The van der Waals surface area contributed by atoms with Crippen molar-refractivity contribution in [1.82, 2.24) is 5.01 Å². The van der Waals surface area contributed by atoms with Gasteiger partial charge in [-0.15, -0.1) is 5.11 Å². The van der Waals surface area contributed by atoms with E-state index < -0.39 is 26.0 Å². The Kier molecular flexibility index (Phi) is 5.16. The maximum atomic E-state index is 10.9. The Bertz CT molecular complexity index is 698. The molecule has 1 rings (SSSR count). The largest absolute Gasteiger partial charge is 0.294 e. The molecule has 1 aromatic rings. The van der Waals surface area contributed by atoms with E-state index in [9.17, 15) is 16.8 Å². The van der Waals surface area contributed by atoms with Crippen LogP contribution in [0, 0.1) is 0 Å². The lowest BCUT2D eigenvalue weighted by Gasteiger charge is -2.09. The molecule has 0 aliphatic heterocycles. The molecule has 0 saturated carbocycles. The smallest absolute Gasteiger partial charge is 0.285 e. The third-order valence-electron chi connectivity index (χ3n) is 2.10. The van der Waals surface area contributed by atoms with E-state index in [1.165, 1.54) is 25.2 Å². The zero-order valence-corrected chi connectivity index (χ0v) is 12.0. The Morgan fingerprint density at radius 1 is 1.20 bits per heavy atom. The highest BCUT2D eigenvalue weighted by molar-refractivity contribution is 7.86. The van der Waals surface area contributed by atoms with Gasteiger partial charge < -0.3 is 0 Å². The van der Waals surface area contributed by atoms with Crippen molar-refractivity contribution in [2.45, 2.75) is 4.90 Å². The molecule has 0 aliphatic carbocycles. The number of benzene rings is 1. The first-order valence-corrected chi connectivity index (χ1v) is 8.28. The first kappa shape index (κ1) is 16.5. The number of hydrogen-bond donors (Lipinski definition) is 2. The van der Waals surface area contributed by atoms with Crippen molar-refractivity contribution in [2.75, 3.05) is 19.3 Å². The van der Waals surface area contributed by atoms with Gasteiger partial charge >= 0.3 is 0 Å². The van der Waals surface area contributed by atoms with Crippen molar-refractivity contribution in [3.8, 4) is 0 Å². The van der Waals surface area contributed by atoms with Crippen molar-refractivity contribution >= 4 is 25.9 Å². The van der Waals surface area contributed by atoms with Gasteiger partial charge in [0.25, 0.3) is 20.2 Å². The van der Waals surface area contributed by atoms with Crippen LogP contribution in [0.4, 0.5) is 5.69 Å². The minimum atomic E-state index is -4.32. The number of hydrogen-bond acceptors (Lipinski definition) is 6. The van der Waals surface area contributed by atoms with Gasteiger partial charge in [-0.25, -0.2) is 0 Å². The second-order valence-electron chi connectivity index (χ2n) is 3.83. The molecule has 0 heterocycles. The summed E-state index contributed by atoms with van der Waals surface area (Å²) < 4.78 is 60.3. The molecular weight excluding hydrogens is 310 g/mol. The maximum absolute atomic E-state index is 10.9. The van der Waals surface area contributed by atoms with Crippen molar-refractivity contribution in [1.29, 1.82) is 0 Å². The molecule has 0 saturated heterocycles. The summed E-state index contributed by atoms with van der Waals surface area (Å²) in [6.07, 6.45) is 0.